The molecule has 7 nitrogen and oxygen atoms in total. The van der Waals surface area contributed by atoms with Gasteiger partial charge in [0.1, 0.15) is 5.54 Å². The molecule has 0 spiro atoms. The van der Waals surface area contributed by atoms with Crippen molar-refractivity contribution in [2.45, 2.75) is 46.2 Å². The quantitative estimate of drug-likeness (QED) is 0.560. The first kappa shape index (κ1) is 21.8. The molecule has 160 valence electrons. The molecular formula is C23H29N3O4. The van der Waals surface area contributed by atoms with Crippen LogP contribution < -0.4 is 5.32 Å². The van der Waals surface area contributed by atoms with E-state index in [1.54, 1.807) is 20.1 Å². The highest BCUT2D eigenvalue weighted by Gasteiger charge is 2.49. The molecule has 2 atom stereocenters. The summed E-state index contributed by atoms with van der Waals surface area (Å²) in [5.41, 5.74) is 2.81. The number of nitrogens with one attached hydrogen (secondary N) is 1. The summed E-state index contributed by atoms with van der Waals surface area (Å²) in [5.74, 6) is -0.693. The lowest BCUT2D eigenvalue weighted by molar-refractivity contribution is -0.130. The third-order valence-corrected chi connectivity index (χ3v) is 5.84. The minimum Gasteiger partial charge on any atom is -0.383 e. The molecule has 1 aliphatic heterocycles. The van der Waals surface area contributed by atoms with E-state index in [0.717, 1.165) is 21.9 Å². The third kappa shape index (κ3) is 3.65. The summed E-state index contributed by atoms with van der Waals surface area (Å²) in [6.07, 6.45) is 0. The smallest absolute Gasteiger partial charge is 0.325 e. The molecule has 0 radical (unpaired) electrons. The van der Waals surface area contributed by atoms with Crippen LogP contribution >= 0.6 is 0 Å². The van der Waals surface area contributed by atoms with E-state index < -0.39 is 17.5 Å². The molecule has 1 saturated heterocycles. The Bertz CT molecular complexity index is 993. The number of rotatable bonds is 7. The van der Waals surface area contributed by atoms with Gasteiger partial charge in [-0.05, 0) is 46.2 Å². The number of hydrogen-bond donors (Lipinski definition) is 1. The van der Waals surface area contributed by atoms with Crippen LogP contribution in [0.5, 0.6) is 0 Å². The summed E-state index contributed by atoms with van der Waals surface area (Å²) < 4.78 is 7.27. The van der Waals surface area contributed by atoms with Crippen LogP contribution in [-0.4, -0.2) is 47.4 Å². The molecule has 1 fully saturated rings. The molecule has 0 saturated carbocycles. The number of carbonyl (C=O) groups excluding carboxylic acids is 3. The van der Waals surface area contributed by atoms with Crippen molar-refractivity contribution in [2.24, 2.45) is 0 Å². The third-order valence-electron chi connectivity index (χ3n) is 5.84. The van der Waals surface area contributed by atoms with Crippen LogP contribution in [0.1, 0.15) is 52.8 Å². The number of amides is 3. The van der Waals surface area contributed by atoms with E-state index >= 15 is 0 Å². The number of Topliss-reactive ketones (excluding diaryl/α,β-unsaturated/α-hetero) is 1. The molecule has 30 heavy (non-hydrogen) atoms. The zero-order valence-electron chi connectivity index (χ0n) is 18.4. The van der Waals surface area contributed by atoms with Crippen LogP contribution in [0.3, 0.4) is 0 Å². The molecule has 3 rings (SSSR count). The Labute approximate surface area is 177 Å². The first-order valence-electron chi connectivity index (χ1n) is 10.0. The number of aryl methyl sites for hydroxylation is 2. The maximum Gasteiger partial charge on any atom is 0.325 e. The number of nitrogens with zero attached hydrogens (tertiary/aromatic N) is 2. The van der Waals surface area contributed by atoms with Gasteiger partial charge in [0.25, 0.3) is 5.91 Å². The average Bonchev–Trinajstić information content (AvgIpc) is 3.10. The van der Waals surface area contributed by atoms with Gasteiger partial charge < -0.3 is 14.6 Å². The molecule has 2 heterocycles. The fourth-order valence-electron chi connectivity index (χ4n) is 4.21. The van der Waals surface area contributed by atoms with Crippen molar-refractivity contribution in [3.05, 3.63) is 58.4 Å². The zero-order valence-corrected chi connectivity index (χ0v) is 18.4. The fraction of sp³-hybridized carbons (Fsp3) is 0.435. The Morgan fingerprint density at radius 1 is 1.17 bits per heavy atom. The van der Waals surface area contributed by atoms with Crippen molar-refractivity contribution in [1.29, 1.82) is 0 Å². The number of benzene rings is 1. The molecule has 1 N–H and O–H groups in total. The summed E-state index contributed by atoms with van der Waals surface area (Å²) in [6, 6.07) is 8.75. The minimum absolute atomic E-state index is 0.0677. The number of ketones is 1. The fourth-order valence-corrected chi connectivity index (χ4v) is 4.21. The molecule has 1 aliphatic rings. The van der Waals surface area contributed by atoms with Gasteiger partial charge in [-0.2, -0.15) is 0 Å². The number of carbonyl (C=O) groups is 3. The number of urea groups is 1. The molecule has 2 unspecified atom stereocenters. The Morgan fingerprint density at radius 3 is 2.40 bits per heavy atom. The lowest BCUT2D eigenvalue weighted by Crippen LogP contribution is -2.41. The highest BCUT2D eigenvalue weighted by molar-refractivity contribution is 6.11. The normalized spacial score (nSPS) is 19.9. The van der Waals surface area contributed by atoms with Crippen LogP contribution in [0, 0.1) is 20.8 Å². The predicted molar refractivity (Wildman–Crippen MR) is 114 cm³/mol. The predicted octanol–water partition coefficient (Wildman–Crippen LogP) is 3.27. The van der Waals surface area contributed by atoms with Gasteiger partial charge in [0.2, 0.25) is 0 Å². The van der Waals surface area contributed by atoms with Gasteiger partial charge >= 0.3 is 6.03 Å². The van der Waals surface area contributed by atoms with Crippen molar-refractivity contribution < 1.29 is 19.1 Å². The Kier molecular flexibility index (Phi) is 5.85. The van der Waals surface area contributed by atoms with Crippen molar-refractivity contribution in [2.75, 3.05) is 20.3 Å². The molecule has 0 bridgehead atoms. The second-order valence-corrected chi connectivity index (χ2v) is 8.19. The van der Waals surface area contributed by atoms with Crippen molar-refractivity contribution in [3.63, 3.8) is 0 Å². The van der Waals surface area contributed by atoms with Crippen LogP contribution in [0.4, 0.5) is 4.79 Å². The minimum atomic E-state index is -1.19. The van der Waals surface area contributed by atoms with Crippen LogP contribution in [0.25, 0.3) is 0 Å². The molecule has 1 aromatic carbocycles. The van der Waals surface area contributed by atoms with E-state index in [9.17, 15) is 14.4 Å². The van der Waals surface area contributed by atoms with E-state index in [-0.39, 0.29) is 18.4 Å². The van der Waals surface area contributed by atoms with E-state index in [1.807, 2.05) is 56.5 Å². The zero-order chi connectivity index (χ0) is 22.2. The second kappa shape index (κ2) is 8.07. The largest absolute Gasteiger partial charge is 0.383 e. The van der Waals surface area contributed by atoms with Gasteiger partial charge in [0.15, 0.2) is 5.78 Å². The highest BCUT2D eigenvalue weighted by Crippen LogP contribution is 2.29. The summed E-state index contributed by atoms with van der Waals surface area (Å²) >= 11 is 0. The standard InChI is InChI=1S/C23H29N3O4/c1-14-7-9-18(10-8-14)23(5)21(28)25(22(29)24-23)12-20(27)19-11-15(2)26(17(19)4)16(3)13-30-6/h7-11,16H,12-13H2,1-6H3,(H,24,29). The Hall–Kier alpha value is -2.93. The van der Waals surface area contributed by atoms with Crippen molar-refractivity contribution in [1.82, 2.24) is 14.8 Å². The van der Waals surface area contributed by atoms with E-state index in [2.05, 4.69) is 5.32 Å². The van der Waals surface area contributed by atoms with E-state index in [1.165, 1.54) is 0 Å². The Balaban J connectivity index is 1.84. The molecular weight excluding hydrogens is 382 g/mol. The van der Waals surface area contributed by atoms with Crippen molar-refractivity contribution in [3.8, 4) is 0 Å². The lowest BCUT2D eigenvalue weighted by atomic mass is 9.91. The summed E-state index contributed by atoms with van der Waals surface area (Å²) in [5, 5.41) is 2.75. The van der Waals surface area contributed by atoms with Crippen LogP contribution in [0.15, 0.2) is 30.3 Å². The average molecular weight is 412 g/mol. The topological polar surface area (TPSA) is 80.6 Å². The highest BCUT2D eigenvalue weighted by atomic mass is 16.5. The molecule has 0 aliphatic carbocycles. The number of aromatic nitrogens is 1. The molecule has 3 amide bonds. The molecule has 2 aromatic rings. The monoisotopic (exact) mass is 411 g/mol. The van der Waals surface area contributed by atoms with E-state index in [4.69, 9.17) is 4.74 Å². The molecule has 7 heteroatoms. The van der Waals surface area contributed by atoms with Gasteiger partial charge in [-0.25, -0.2) is 4.79 Å². The maximum absolute atomic E-state index is 13.1. The number of ether oxygens (including phenoxy) is 1. The summed E-state index contributed by atoms with van der Waals surface area (Å²) in [6.45, 7) is 9.66. The number of methoxy groups -OCH3 is 1. The first-order chi connectivity index (χ1) is 14.1. The van der Waals surface area contributed by atoms with Crippen LogP contribution in [-0.2, 0) is 15.1 Å². The van der Waals surface area contributed by atoms with Gasteiger partial charge in [0.05, 0.1) is 19.2 Å². The number of hydrogen-bond acceptors (Lipinski definition) is 4. The van der Waals surface area contributed by atoms with E-state index in [0.29, 0.717) is 17.7 Å². The maximum atomic E-state index is 13.1. The van der Waals surface area contributed by atoms with Crippen molar-refractivity contribution >= 4 is 17.7 Å². The van der Waals surface area contributed by atoms with Gasteiger partial charge in [-0.15, -0.1) is 0 Å². The number of imide groups is 1. The summed E-state index contributed by atoms with van der Waals surface area (Å²) in [7, 11) is 1.64. The SMILES string of the molecule is COCC(C)n1c(C)cc(C(=O)CN2C(=O)NC(C)(c3ccc(C)cc3)C2=O)c1C. The second-order valence-electron chi connectivity index (χ2n) is 8.19. The van der Waals surface area contributed by atoms with Gasteiger partial charge in [0, 0.05) is 24.1 Å². The lowest BCUT2D eigenvalue weighted by Gasteiger charge is -2.22. The Morgan fingerprint density at radius 2 is 1.80 bits per heavy atom. The van der Waals surface area contributed by atoms with Gasteiger partial charge in [-0.3, -0.25) is 14.5 Å². The van der Waals surface area contributed by atoms with Gasteiger partial charge in [-0.1, -0.05) is 29.8 Å². The summed E-state index contributed by atoms with van der Waals surface area (Å²) in [4.78, 5) is 39.7. The first-order valence-corrected chi connectivity index (χ1v) is 10.0. The molecule has 1 aromatic heterocycles. The van der Waals surface area contributed by atoms with Crippen LogP contribution in [0.2, 0.25) is 0 Å².